The number of sulfonamides is 1. The molecule has 7 nitrogen and oxygen atoms in total. The molecule has 0 saturated carbocycles. The van der Waals surface area contributed by atoms with Gasteiger partial charge in [-0.1, -0.05) is 6.07 Å². The van der Waals surface area contributed by atoms with Gasteiger partial charge in [-0.25, -0.2) is 8.42 Å². The molecule has 3 aromatic rings. The molecular weight excluding hydrogens is 426 g/mol. The predicted molar refractivity (Wildman–Crippen MR) is 121 cm³/mol. The molecule has 162 valence electrons. The summed E-state index contributed by atoms with van der Waals surface area (Å²) in [5, 5.41) is 11.9. The fourth-order valence-corrected chi connectivity index (χ4v) is 5.24. The van der Waals surface area contributed by atoms with Crippen molar-refractivity contribution in [2.24, 2.45) is 0 Å². The van der Waals surface area contributed by atoms with Gasteiger partial charge in [0.2, 0.25) is 0 Å². The summed E-state index contributed by atoms with van der Waals surface area (Å²) in [6.45, 7) is 0.383. The van der Waals surface area contributed by atoms with Crippen LogP contribution in [0.4, 0.5) is 11.4 Å². The predicted octanol–water partition coefficient (Wildman–Crippen LogP) is 3.96. The number of carbonyl (C=O) groups excluding carboxylic acids is 1. The summed E-state index contributed by atoms with van der Waals surface area (Å²) in [6.07, 6.45) is 1.38. The number of aryl methyl sites for hydroxylation is 1. The third-order valence-corrected chi connectivity index (χ3v) is 7.14. The minimum atomic E-state index is -3.73. The van der Waals surface area contributed by atoms with Gasteiger partial charge in [-0.05, 0) is 79.1 Å². The van der Waals surface area contributed by atoms with Crippen molar-refractivity contribution >= 4 is 27.3 Å². The molecule has 1 heterocycles. The average Bonchev–Trinajstić information content (AvgIpc) is 2.83. The highest BCUT2D eigenvalue weighted by molar-refractivity contribution is 7.92. The molecule has 32 heavy (non-hydrogen) atoms. The van der Waals surface area contributed by atoms with Gasteiger partial charge in [-0.15, -0.1) is 0 Å². The van der Waals surface area contributed by atoms with Crippen molar-refractivity contribution < 1.29 is 17.9 Å². The van der Waals surface area contributed by atoms with Crippen LogP contribution in [0, 0.1) is 11.3 Å². The van der Waals surface area contributed by atoms with Gasteiger partial charge in [-0.3, -0.25) is 9.10 Å². The van der Waals surface area contributed by atoms with E-state index in [1.165, 1.54) is 29.6 Å². The van der Waals surface area contributed by atoms with Gasteiger partial charge in [0, 0.05) is 17.8 Å². The van der Waals surface area contributed by atoms with Gasteiger partial charge in [-0.2, -0.15) is 5.26 Å². The summed E-state index contributed by atoms with van der Waals surface area (Å²) in [5.41, 5.74) is 2.81. The second-order valence-electron chi connectivity index (χ2n) is 7.35. The van der Waals surface area contributed by atoms with Crippen molar-refractivity contribution in [1.29, 1.82) is 5.26 Å². The fraction of sp³-hybridized carbons (Fsp3) is 0.167. The lowest BCUT2D eigenvalue weighted by atomic mass is 10.0. The lowest BCUT2D eigenvalue weighted by Crippen LogP contribution is -2.35. The van der Waals surface area contributed by atoms with E-state index in [-0.39, 0.29) is 10.8 Å². The van der Waals surface area contributed by atoms with E-state index in [1.807, 2.05) is 6.07 Å². The Kier molecular flexibility index (Phi) is 5.84. The highest BCUT2D eigenvalue weighted by Crippen LogP contribution is 2.34. The number of hydrogen-bond acceptors (Lipinski definition) is 5. The molecule has 1 amide bonds. The van der Waals surface area contributed by atoms with Crippen molar-refractivity contribution in [3.63, 3.8) is 0 Å². The highest BCUT2D eigenvalue weighted by atomic mass is 32.2. The number of fused-ring (bicyclic) bond motifs is 1. The standard InChI is InChI=1S/C24H21N3O4S/c1-31-21-8-10-22(11-9-21)32(29,30)27-13-3-6-18-15-20(7-12-23(18)27)26-24(28)19-5-2-4-17(14-19)16-25/h2,4-5,7-12,14-15H,3,6,13H2,1H3,(H,26,28). The van der Waals surface area contributed by atoms with E-state index in [2.05, 4.69) is 5.32 Å². The van der Waals surface area contributed by atoms with Gasteiger partial charge in [0.15, 0.2) is 0 Å². The lowest BCUT2D eigenvalue weighted by Gasteiger charge is -2.31. The SMILES string of the molecule is COc1ccc(S(=O)(=O)N2CCCc3cc(NC(=O)c4cccc(C#N)c4)ccc32)cc1. The number of methoxy groups -OCH3 is 1. The maximum absolute atomic E-state index is 13.2. The summed E-state index contributed by atoms with van der Waals surface area (Å²) in [7, 11) is -2.20. The Morgan fingerprint density at radius 3 is 2.59 bits per heavy atom. The maximum atomic E-state index is 13.2. The summed E-state index contributed by atoms with van der Waals surface area (Å²) < 4.78 is 33.0. The first-order valence-electron chi connectivity index (χ1n) is 10.0. The molecule has 0 spiro atoms. The molecule has 3 aromatic carbocycles. The number of carbonyl (C=O) groups is 1. The van der Waals surface area contributed by atoms with Gasteiger partial charge >= 0.3 is 0 Å². The zero-order valence-electron chi connectivity index (χ0n) is 17.4. The second kappa shape index (κ2) is 8.73. The van der Waals surface area contributed by atoms with E-state index >= 15 is 0 Å². The van der Waals surface area contributed by atoms with E-state index in [0.29, 0.717) is 47.6 Å². The monoisotopic (exact) mass is 447 g/mol. The molecule has 8 heteroatoms. The number of nitrogens with zero attached hydrogens (tertiary/aromatic N) is 2. The minimum absolute atomic E-state index is 0.195. The van der Waals surface area contributed by atoms with Gasteiger partial charge in [0.25, 0.3) is 15.9 Å². The molecule has 0 radical (unpaired) electrons. The van der Waals surface area contributed by atoms with Crippen LogP contribution in [0.3, 0.4) is 0 Å². The van der Waals surface area contributed by atoms with Crippen LogP contribution >= 0.6 is 0 Å². The summed E-state index contributed by atoms with van der Waals surface area (Å²) in [6, 6.07) is 20.0. The largest absolute Gasteiger partial charge is 0.497 e. The summed E-state index contributed by atoms with van der Waals surface area (Å²) in [5.74, 6) is 0.254. The number of hydrogen-bond donors (Lipinski definition) is 1. The smallest absolute Gasteiger partial charge is 0.264 e. The first-order chi connectivity index (χ1) is 15.4. The molecule has 0 aromatic heterocycles. The quantitative estimate of drug-likeness (QED) is 0.638. The van der Waals surface area contributed by atoms with Crippen molar-refractivity contribution in [2.45, 2.75) is 17.7 Å². The maximum Gasteiger partial charge on any atom is 0.264 e. The van der Waals surface area contributed by atoms with E-state index in [9.17, 15) is 13.2 Å². The number of ether oxygens (including phenoxy) is 1. The Labute approximate surface area is 186 Å². The Balaban J connectivity index is 1.59. The Bertz CT molecular complexity index is 1310. The van der Waals surface area contributed by atoms with Crippen LogP contribution in [0.5, 0.6) is 5.75 Å². The van der Waals surface area contributed by atoms with E-state index in [0.717, 1.165) is 5.56 Å². The minimum Gasteiger partial charge on any atom is -0.497 e. The second-order valence-corrected chi connectivity index (χ2v) is 9.21. The molecule has 0 saturated heterocycles. The van der Waals surface area contributed by atoms with Gasteiger partial charge < -0.3 is 10.1 Å². The zero-order chi connectivity index (χ0) is 22.7. The number of nitriles is 1. The molecule has 4 rings (SSSR count). The molecule has 0 unspecified atom stereocenters. The lowest BCUT2D eigenvalue weighted by molar-refractivity contribution is 0.102. The van der Waals surface area contributed by atoms with Crippen molar-refractivity contribution in [2.75, 3.05) is 23.3 Å². The highest BCUT2D eigenvalue weighted by Gasteiger charge is 2.29. The number of nitrogens with one attached hydrogen (secondary N) is 1. The molecule has 1 N–H and O–H groups in total. The number of benzene rings is 3. The summed E-state index contributed by atoms with van der Waals surface area (Å²) >= 11 is 0. The normalized spacial score (nSPS) is 13.1. The average molecular weight is 448 g/mol. The first-order valence-corrected chi connectivity index (χ1v) is 11.5. The Morgan fingerprint density at radius 1 is 1.09 bits per heavy atom. The van der Waals surface area contributed by atoms with Crippen LogP contribution in [0.1, 0.15) is 27.9 Å². The third-order valence-electron chi connectivity index (χ3n) is 5.31. The van der Waals surface area contributed by atoms with Crippen LogP contribution in [0.25, 0.3) is 0 Å². The van der Waals surface area contributed by atoms with E-state index in [4.69, 9.17) is 10.00 Å². The van der Waals surface area contributed by atoms with E-state index < -0.39 is 10.0 Å². The number of anilines is 2. The first kappa shape index (κ1) is 21.4. The summed E-state index contributed by atoms with van der Waals surface area (Å²) in [4.78, 5) is 12.8. The van der Waals surface area contributed by atoms with E-state index in [1.54, 1.807) is 48.5 Å². The van der Waals surface area contributed by atoms with Gasteiger partial charge in [0.05, 0.1) is 29.3 Å². The Morgan fingerprint density at radius 2 is 1.88 bits per heavy atom. The molecule has 0 bridgehead atoms. The molecule has 0 fully saturated rings. The molecule has 1 aliphatic heterocycles. The van der Waals surface area contributed by atoms with Crippen molar-refractivity contribution in [3.05, 3.63) is 83.4 Å². The van der Waals surface area contributed by atoms with Crippen molar-refractivity contribution in [3.8, 4) is 11.8 Å². The van der Waals surface area contributed by atoms with Crippen LogP contribution in [0.15, 0.2) is 71.6 Å². The van der Waals surface area contributed by atoms with Crippen LogP contribution in [-0.2, 0) is 16.4 Å². The number of amides is 1. The van der Waals surface area contributed by atoms with Crippen LogP contribution < -0.4 is 14.4 Å². The molecule has 0 aliphatic carbocycles. The van der Waals surface area contributed by atoms with Crippen LogP contribution in [0.2, 0.25) is 0 Å². The van der Waals surface area contributed by atoms with Crippen LogP contribution in [-0.4, -0.2) is 28.0 Å². The Hall–Kier alpha value is -3.83. The topological polar surface area (TPSA) is 99.5 Å². The molecule has 1 aliphatic rings. The zero-order valence-corrected chi connectivity index (χ0v) is 18.2. The van der Waals surface area contributed by atoms with Gasteiger partial charge in [0.1, 0.15) is 5.75 Å². The fourth-order valence-electron chi connectivity index (χ4n) is 3.70. The number of rotatable bonds is 5. The van der Waals surface area contributed by atoms with Crippen molar-refractivity contribution in [1.82, 2.24) is 0 Å². The molecule has 0 atom stereocenters. The molecular formula is C24H21N3O4S. The third kappa shape index (κ3) is 4.15.